The molecule has 21 heavy (non-hydrogen) atoms. The Labute approximate surface area is 124 Å². The van der Waals surface area contributed by atoms with Gasteiger partial charge in [-0.1, -0.05) is 36.4 Å². The highest BCUT2D eigenvalue weighted by Gasteiger charge is 2.39. The van der Waals surface area contributed by atoms with Crippen LogP contribution in [0.4, 0.5) is 4.39 Å². The molecule has 1 aromatic rings. The van der Waals surface area contributed by atoms with Gasteiger partial charge in [-0.3, -0.25) is 0 Å². The molecule has 0 fully saturated rings. The third-order valence-electron chi connectivity index (χ3n) is 3.91. The van der Waals surface area contributed by atoms with E-state index in [9.17, 15) is 14.9 Å². The fourth-order valence-corrected chi connectivity index (χ4v) is 2.66. The summed E-state index contributed by atoms with van der Waals surface area (Å²) < 4.78 is 13.1. The van der Waals surface area contributed by atoms with Gasteiger partial charge in [-0.05, 0) is 43.4 Å². The van der Waals surface area contributed by atoms with Crippen LogP contribution in [0.3, 0.4) is 0 Å². The van der Waals surface area contributed by atoms with E-state index in [4.69, 9.17) is 0 Å². The Balaban J connectivity index is 2.45. The molecular formula is C18H17FN2. The van der Waals surface area contributed by atoms with Crippen LogP contribution in [0.1, 0.15) is 37.2 Å². The van der Waals surface area contributed by atoms with Crippen LogP contribution in [0.5, 0.6) is 0 Å². The van der Waals surface area contributed by atoms with E-state index in [-0.39, 0.29) is 11.7 Å². The van der Waals surface area contributed by atoms with Gasteiger partial charge in [-0.2, -0.15) is 10.5 Å². The lowest BCUT2D eigenvalue weighted by Gasteiger charge is -2.28. The number of benzene rings is 1. The molecule has 1 unspecified atom stereocenters. The van der Waals surface area contributed by atoms with E-state index in [1.54, 1.807) is 12.1 Å². The van der Waals surface area contributed by atoms with E-state index >= 15 is 0 Å². The Morgan fingerprint density at radius 3 is 2.19 bits per heavy atom. The maximum absolute atomic E-state index is 13.1. The Morgan fingerprint density at radius 2 is 1.57 bits per heavy atom. The summed E-state index contributed by atoms with van der Waals surface area (Å²) in [6.07, 6.45) is 10.9. The SMILES string of the molecule is N#CC1(C#N)C/C=C/CC/C=C/CC1c1ccc(F)cc1. The topological polar surface area (TPSA) is 47.6 Å². The summed E-state index contributed by atoms with van der Waals surface area (Å²) in [6, 6.07) is 10.5. The summed E-state index contributed by atoms with van der Waals surface area (Å²) in [4.78, 5) is 0. The van der Waals surface area contributed by atoms with Crippen LogP contribution in [0.2, 0.25) is 0 Å². The minimum absolute atomic E-state index is 0.257. The van der Waals surface area contributed by atoms with E-state index in [1.165, 1.54) is 12.1 Å². The molecule has 0 N–H and O–H groups in total. The predicted octanol–water partition coefficient (Wildman–Crippen LogP) is 4.63. The summed E-state index contributed by atoms with van der Waals surface area (Å²) in [7, 11) is 0. The second-order valence-corrected chi connectivity index (χ2v) is 5.26. The van der Waals surface area contributed by atoms with Crippen molar-refractivity contribution in [2.45, 2.75) is 31.6 Å². The highest BCUT2D eigenvalue weighted by atomic mass is 19.1. The molecule has 0 amide bonds. The van der Waals surface area contributed by atoms with Crippen molar-refractivity contribution in [3.05, 3.63) is 60.0 Å². The normalized spacial score (nSPS) is 24.2. The molecule has 2 rings (SSSR count). The van der Waals surface area contributed by atoms with Crippen molar-refractivity contribution in [1.29, 1.82) is 10.5 Å². The van der Waals surface area contributed by atoms with E-state index in [0.29, 0.717) is 12.8 Å². The van der Waals surface area contributed by atoms with Crippen molar-refractivity contribution in [3.8, 4) is 12.1 Å². The Kier molecular flexibility index (Phi) is 4.90. The predicted molar refractivity (Wildman–Crippen MR) is 79.5 cm³/mol. The van der Waals surface area contributed by atoms with Gasteiger partial charge in [0.1, 0.15) is 5.82 Å². The first-order valence-electron chi connectivity index (χ1n) is 7.10. The molecule has 106 valence electrons. The minimum atomic E-state index is -1.12. The first kappa shape index (κ1) is 15.0. The standard InChI is InChI=1S/C18H17FN2/c19-16-10-8-15(9-11-16)17-7-5-3-1-2-4-6-12-18(17,13-20)14-21/h3-6,8-11,17H,1-2,7,12H2/b5-3+,6-4+. The lowest BCUT2D eigenvalue weighted by atomic mass is 9.70. The van der Waals surface area contributed by atoms with Crippen molar-refractivity contribution in [1.82, 2.24) is 0 Å². The Morgan fingerprint density at radius 1 is 0.952 bits per heavy atom. The van der Waals surface area contributed by atoms with E-state index in [0.717, 1.165) is 18.4 Å². The summed E-state index contributed by atoms with van der Waals surface area (Å²) in [6.45, 7) is 0. The number of nitriles is 2. The molecule has 3 heteroatoms. The maximum atomic E-state index is 13.1. The number of halogens is 1. The van der Waals surface area contributed by atoms with Crippen molar-refractivity contribution in [2.24, 2.45) is 5.41 Å². The van der Waals surface area contributed by atoms with Gasteiger partial charge in [0.25, 0.3) is 0 Å². The van der Waals surface area contributed by atoms with Gasteiger partial charge in [-0.15, -0.1) is 0 Å². The van der Waals surface area contributed by atoms with E-state index < -0.39 is 5.41 Å². The lowest BCUT2D eigenvalue weighted by molar-refractivity contribution is 0.413. The molecular weight excluding hydrogens is 263 g/mol. The number of rotatable bonds is 1. The molecule has 1 aliphatic rings. The van der Waals surface area contributed by atoms with Gasteiger partial charge < -0.3 is 0 Å². The third-order valence-corrected chi connectivity index (χ3v) is 3.91. The van der Waals surface area contributed by atoms with Crippen LogP contribution in [0.15, 0.2) is 48.6 Å². The molecule has 0 bridgehead atoms. The van der Waals surface area contributed by atoms with Crippen LogP contribution in [0.25, 0.3) is 0 Å². The van der Waals surface area contributed by atoms with Gasteiger partial charge in [0.2, 0.25) is 0 Å². The second kappa shape index (κ2) is 6.86. The average Bonchev–Trinajstić information content (AvgIpc) is 2.53. The molecule has 0 heterocycles. The summed E-state index contributed by atoms with van der Waals surface area (Å²) >= 11 is 0. The monoisotopic (exact) mass is 280 g/mol. The van der Waals surface area contributed by atoms with E-state index in [2.05, 4.69) is 18.2 Å². The smallest absolute Gasteiger partial charge is 0.154 e. The van der Waals surface area contributed by atoms with Crippen molar-refractivity contribution in [3.63, 3.8) is 0 Å². The third kappa shape index (κ3) is 3.38. The fraction of sp³-hybridized carbons (Fsp3) is 0.333. The van der Waals surface area contributed by atoms with Gasteiger partial charge in [0.15, 0.2) is 5.41 Å². The summed E-state index contributed by atoms with van der Waals surface area (Å²) in [5.74, 6) is -0.569. The summed E-state index contributed by atoms with van der Waals surface area (Å²) in [5, 5.41) is 19.2. The van der Waals surface area contributed by atoms with Crippen LogP contribution in [0, 0.1) is 33.9 Å². The lowest BCUT2D eigenvalue weighted by Crippen LogP contribution is -2.25. The highest BCUT2D eigenvalue weighted by Crippen LogP contribution is 2.41. The van der Waals surface area contributed by atoms with Gasteiger partial charge in [0.05, 0.1) is 12.1 Å². The molecule has 0 saturated heterocycles. The zero-order valence-electron chi connectivity index (χ0n) is 11.8. The molecule has 0 aliphatic heterocycles. The van der Waals surface area contributed by atoms with Crippen LogP contribution in [-0.2, 0) is 0 Å². The molecule has 2 nitrogen and oxygen atoms in total. The van der Waals surface area contributed by atoms with Crippen LogP contribution < -0.4 is 0 Å². The first-order chi connectivity index (χ1) is 10.2. The highest BCUT2D eigenvalue weighted by molar-refractivity contribution is 5.33. The van der Waals surface area contributed by atoms with E-state index in [1.807, 2.05) is 18.2 Å². The molecule has 1 aliphatic carbocycles. The number of allylic oxidation sites excluding steroid dienone is 4. The molecule has 0 saturated carbocycles. The molecule has 0 spiro atoms. The Bertz CT molecular complexity index is 600. The van der Waals surface area contributed by atoms with Gasteiger partial charge in [0, 0.05) is 5.92 Å². The molecule has 0 radical (unpaired) electrons. The van der Waals surface area contributed by atoms with Crippen molar-refractivity contribution < 1.29 is 4.39 Å². The average molecular weight is 280 g/mol. The molecule has 0 aromatic heterocycles. The first-order valence-corrected chi connectivity index (χ1v) is 7.10. The van der Waals surface area contributed by atoms with Crippen molar-refractivity contribution in [2.75, 3.05) is 0 Å². The van der Waals surface area contributed by atoms with Gasteiger partial charge in [-0.25, -0.2) is 4.39 Å². The van der Waals surface area contributed by atoms with Crippen LogP contribution >= 0.6 is 0 Å². The number of nitrogens with zero attached hydrogens (tertiary/aromatic N) is 2. The molecule has 1 aromatic carbocycles. The number of hydrogen-bond donors (Lipinski definition) is 0. The minimum Gasteiger partial charge on any atom is -0.207 e. The zero-order valence-corrected chi connectivity index (χ0v) is 11.8. The molecule has 1 atom stereocenters. The summed E-state index contributed by atoms with van der Waals surface area (Å²) in [5.41, 5.74) is -0.283. The zero-order chi connectivity index (χ0) is 15.1. The quantitative estimate of drug-likeness (QED) is 0.704. The maximum Gasteiger partial charge on any atom is 0.154 e. The van der Waals surface area contributed by atoms with Gasteiger partial charge >= 0.3 is 0 Å². The van der Waals surface area contributed by atoms with Crippen molar-refractivity contribution >= 4 is 0 Å². The number of hydrogen-bond acceptors (Lipinski definition) is 2. The Hall–Kier alpha value is -2.39. The second-order valence-electron chi connectivity index (χ2n) is 5.26. The largest absolute Gasteiger partial charge is 0.207 e. The van der Waals surface area contributed by atoms with Crippen LogP contribution in [-0.4, -0.2) is 0 Å². The fourth-order valence-electron chi connectivity index (χ4n) is 2.66.